The summed E-state index contributed by atoms with van der Waals surface area (Å²) in [6.07, 6.45) is 4.54. The maximum absolute atomic E-state index is 11.9. The molecule has 0 amide bonds. The van der Waals surface area contributed by atoms with Crippen LogP contribution in [0.4, 0.5) is 5.69 Å². The second kappa shape index (κ2) is 8.08. The zero-order valence-corrected chi connectivity index (χ0v) is 13.6. The van der Waals surface area contributed by atoms with Crippen molar-refractivity contribution >= 4 is 35.4 Å². The fourth-order valence-corrected chi connectivity index (χ4v) is 2.22. The third kappa shape index (κ3) is 4.30. The summed E-state index contributed by atoms with van der Waals surface area (Å²) in [7, 11) is 1.27. The molecule has 0 atom stereocenters. The van der Waals surface area contributed by atoms with E-state index in [9.17, 15) is 14.9 Å². The van der Waals surface area contributed by atoms with Crippen LogP contribution in [-0.4, -0.2) is 18.0 Å². The smallest absolute Gasteiger partial charge is 0.337 e. The Morgan fingerprint density at radius 3 is 2.38 bits per heavy atom. The SMILES string of the molecule is COC(=O)C(/C=C/c1ccccc1[N+](=O)[O-])=C/c1ccccc1Cl. The summed E-state index contributed by atoms with van der Waals surface area (Å²) < 4.78 is 4.76. The van der Waals surface area contributed by atoms with Crippen molar-refractivity contribution in [3.8, 4) is 0 Å². The summed E-state index contributed by atoms with van der Waals surface area (Å²) >= 11 is 6.09. The van der Waals surface area contributed by atoms with Gasteiger partial charge in [-0.15, -0.1) is 0 Å². The minimum absolute atomic E-state index is 0.0456. The van der Waals surface area contributed by atoms with Gasteiger partial charge < -0.3 is 4.74 Å². The normalized spacial score (nSPS) is 11.5. The number of rotatable bonds is 5. The van der Waals surface area contributed by atoms with Crippen LogP contribution in [0.25, 0.3) is 12.2 Å². The molecule has 2 rings (SSSR count). The fraction of sp³-hybridized carbons (Fsp3) is 0.0556. The lowest BCUT2D eigenvalue weighted by molar-refractivity contribution is -0.385. The Bertz CT molecular complexity index is 827. The van der Waals surface area contributed by atoms with E-state index in [1.165, 1.54) is 25.3 Å². The number of hydrogen-bond acceptors (Lipinski definition) is 4. The van der Waals surface area contributed by atoms with Gasteiger partial charge in [-0.3, -0.25) is 10.1 Å². The molecule has 0 aliphatic carbocycles. The number of nitro benzene ring substituents is 1. The van der Waals surface area contributed by atoms with Gasteiger partial charge in [0.05, 0.1) is 23.2 Å². The Hall–Kier alpha value is -2.92. The number of halogens is 1. The highest BCUT2D eigenvalue weighted by molar-refractivity contribution is 6.32. The van der Waals surface area contributed by atoms with Gasteiger partial charge in [0.25, 0.3) is 5.69 Å². The third-order valence-electron chi connectivity index (χ3n) is 3.21. The molecule has 0 saturated carbocycles. The number of nitrogens with zero attached hydrogens (tertiary/aromatic N) is 1. The van der Waals surface area contributed by atoms with Crippen LogP contribution in [0, 0.1) is 10.1 Å². The van der Waals surface area contributed by atoms with E-state index in [1.54, 1.807) is 48.5 Å². The lowest BCUT2D eigenvalue weighted by atomic mass is 10.1. The Labute approximate surface area is 144 Å². The number of methoxy groups -OCH3 is 1. The van der Waals surface area contributed by atoms with E-state index in [0.29, 0.717) is 16.1 Å². The monoisotopic (exact) mass is 343 g/mol. The van der Waals surface area contributed by atoms with Crippen LogP contribution >= 0.6 is 11.6 Å². The number of carbonyl (C=O) groups is 1. The van der Waals surface area contributed by atoms with Crippen molar-refractivity contribution in [3.05, 3.63) is 86.4 Å². The minimum Gasteiger partial charge on any atom is -0.465 e. The second-order valence-electron chi connectivity index (χ2n) is 4.76. The van der Waals surface area contributed by atoms with Gasteiger partial charge in [-0.1, -0.05) is 41.9 Å². The van der Waals surface area contributed by atoms with E-state index < -0.39 is 10.9 Å². The van der Waals surface area contributed by atoms with Gasteiger partial charge >= 0.3 is 5.97 Å². The van der Waals surface area contributed by atoms with Crippen molar-refractivity contribution in [2.24, 2.45) is 0 Å². The summed E-state index contributed by atoms with van der Waals surface area (Å²) in [4.78, 5) is 22.5. The van der Waals surface area contributed by atoms with Crippen molar-refractivity contribution in [3.63, 3.8) is 0 Å². The molecule has 0 radical (unpaired) electrons. The topological polar surface area (TPSA) is 69.4 Å². The molecule has 0 N–H and O–H groups in total. The van der Waals surface area contributed by atoms with E-state index in [1.807, 2.05) is 0 Å². The number of ether oxygens (including phenoxy) is 1. The van der Waals surface area contributed by atoms with Gasteiger partial charge in [0.2, 0.25) is 0 Å². The summed E-state index contributed by atoms with van der Waals surface area (Å²) in [6, 6.07) is 13.3. The van der Waals surface area contributed by atoms with E-state index >= 15 is 0 Å². The zero-order chi connectivity index (χ0) is 17.5. The average Bonchev–Trinajstić information content (AvgIpc) is 2.59. The molecule has 0 bridgehead atoms. The molecule has 0 fully saturated rings. The predicted molar refractivity (Wildman–Crippen MR) is 93.6 cm³/mol. The fourth-order valence-electron chi connectivity index (χ4n) is 2.03. The summed E-state index contributed by atoms with van der Waals surface area (Å²) in [5.74, 6) is -0.565. The molecule has 5 nitrogen and oxygen atoms in total. The van der Waals surface area contributed by atoms with Gasteiger partial charge in [-0.05, 0) is 35.9 Å². The van der Waals surface area contributed by atoms with Gasteiger partial charge in [0.1, 0.15) is 0 Å². The van der Waals surface area contributed by atoms with Crippen LogP contribution in [0.2, 0.25) is 5.02 Å². The Kier molecular flexibility index (Phi) is 5.87. The molecule has 0 aromatic heterocycles. The highest BCUT2D eigenvalue weighted by Crippen LogP contribution is 2.22. The molecule has 2 aromatic rings. The molecule has 24 heavy (non-hydrogen) atoms. The molecular weight excluding hydrogens is 330 g/mol. The Morgan fingerprint density at radius 1 is 1.12 bits per heavy atom. The first-order chi connectivity index (χ1) is 11.5. The maximum Gasteiger partial charge on any atom is 0.337 e. The van der Waals surface area contributed by atoms with Crippen molar-refractivity contribution in [2.75, 3.05) is 7.11 Å². The van der Waals surface area contributed by atoms with Crippen LogP contribution < -0.4 is 0 Å². The number of carbonyl (C=O) groups excluding carboxylic acids is 1. The van der Waals surface area contributed by atoms with Gasteiger partial charge in [-0.2, -0.15) is 0 Å². The molecule has 122 valence electrons. The molecule has 0 aliphatic heterocycles. The average molecular weight is 344 g/mol. The Balaban J connectivity index is 2.43. The van der Waals surface area contributed by atoms with Crippen LogP contribution in [0.1, 0.15) is 11.1 Å². The predicted octanol–water partition coefficient (Wildman–Crippen LogP) is 4.52. The Morgan fingerprint density at radius 2 is 1.75 bits per heavy atom. The lowest BCUT2D eigenvalue weighted by Crippen LogP contribution is -2.02. The first kappa shape index (κ1) is 17.4. The summed E-state index contributed by atoms with van der Waals surface area (Å²) in [5, 5.41) is 11.5. The number of para-hydroxylation sites is 1. The van der Waals surface area contributed by atoms with Gasteiger partial charge in [0.15, 0.2) is 0 Å². The summed E-state index contributed by atoms with van der Waals surface area (Å²) in [6.45, 7) is 0. The van der Waals surface area contributed by atoms with Crippen LogP contribution in [0.15, 0.2) is 60.2 Å². The molecule has 0 spiro atoms. The van der Waals surface area contributed by atoms with Crippen LogP contribution in [0.3, 0.4) is 0 Å². The largest absolute Gasteiger partial charge is 0.465 e. The molecule has 6 heteroatoms. The number of benzene rings is 2. The van der Waals surface area contributed by atoms with Crippen molar-refractivity contribution in [1.29, 1.82) is 0 Å². The molecular formula is C18H14ClNO4. The standard InChI is InChI=1S/C18H14ClNO4/c1-24-18(21)15(12-14-7-2-4-8-16(14)19)11-10-13-6-3-5-9-17(13)20(22)23/h2-12H,1H3/b11-10+,15-12+. The minimum atomic E-state index is -0.565. The van der Waals surface area contributed by atoms with E-state index in [2.05, 4.69) is 0 Å². The van der Waals surface area contributed by atoms with Crippen LogP contribution in [-0.2, 0) is 9.53 Å². The first-order valence-corrected chi connectivity index (χ1v) is 7.36. The highest BCUT2D eigenvalue weighted by Gasteiger charge is 2.11. The highest BCUT2D eigenvalue weighted by atomic mass is 35.5. The molecule has 0 heterocycles. The maximum atomic E-state index is 11.9. The van der Waals surface area contributed by atoms with Crippen molar-refractivity contribution in [1.82, 2.24) is 0 Å². The third-order valence-corrected chi connectivity index (χ3v) is 3.56. The lowest BCUT2D eigenvalue weighted by Gasteiger charge is -2.03. The molecule has 2 aromatic carbocycles. The molecule has 0 aliphatic rings. The number of nitro groups is 1. The first-order valence-electron chi connectivity index (χ1n) is 6.99. The zero-order valence-electron chi connectivity index (χ0n) is 12.8. The van der Waals surface area contributed by atoms with Crippen molar-refractivity contribution < 1.29 is 14.5 Å². The van der Waals surface area contributed by atoms with E-state index in [4.69, 9.17) is 16.3 Å². The van der Waals surface area contributed by atoms with Crippen molar-refractivity contribution in [2.45, 2.75) is 0 Å². The van der Waals surface area contributed by atoms with Crippen LogP contribution in [0.5, 0.6) is 0 Å². The summed E-state index contributed by atoms with van der Waals surface area (Å²) in [5.41, 5.74) is 1.21. The number of hydrogen-bond donors (Lipinski definition) is 0. The van der Waals surface area contributed by atoms with Gasteiger partial charge in [-0.25, -0.2) is 4.79 Å². The molecule has 0 saturated heterocycles. The second-order valence-corrected chi connectivity index (χ2v) is 5.17. The quantitative estimate of drug-likeness (QED) is 0.263. The van der Waals surface area contributed by atoms with Gasteiger partial charge in [0, 0.05) is 11.1 Å². The van der Waals surface area contributed by atoms with E-state index in [-0.39, 0.29) is 11.3 Å². The molecule has 0 unspecified atom stereocenters. The van der Waals surface area contributed by atoms with E-state index in [0.717, 1.165) is 0 Å². The number of esters is 1.